The van der Waals surface area contributed by atoms with Gasteiger partial charge in [-0.2, -0.15) is 4.98 Å². The van der Waals surface area contributed by atoms with Gasteiger partial charge in [-0.05, 0) is 78.2 Å². The number of carbonyl (C=O) groups is 1. The molecule has 1 amide bonds. The summed E-state index contributed by atoms with van der Waals surface area (Å²) < 4.78 is 9.84. The number of alkyl carbamates (subject to hydrolysis) is 1. The van der Waals surface area contributed by atoms with Crippen molar-refractivity contribution in [3.05, 3.63) is 43.6 Å². The summed E-state index contributed by atoms with van der Waals surface area (Å²) in [5.41, 5.74) is 2.15. The van der Waals surface area contributed by atoms with Crippen LogP contribution in [0.1, 0.15) is 76.7 Å². The van der Waals surface area contributed by atoms with E-state index < -0.39 is 22.9 Å². The Morgan fingerprint density at radius 3 is 2.63 bits per heavy atom. The summed E-state index contributed by atoms with van der Waals surface area (Å²) in [4.78, 5) is 56.4. The van der Waals surface area contributed by atoms with Crippen LogP contribution in [0.3, 0.4) is 0 Å². The Morgan fingerprint density at radius 2 is 1.91 bits per heavy atom. The van der Waals surface area contributed by atoms with Crippen molar-refractivity contribution in [1.29, 1.82) is 0 Å². The zero-order valence-corrected chi connectivity index (χ0v) is 26.3. The van der Waals surface area contributed by atoms with Crippen LogP contribution in [-0.4, -0.2) is 59.5 Å². The SMILES string of the molecule is CC#CCn1c(N2CCCC(NC(=O)OC(C)(C)C)C2)nc2c1c(=O)n(Cc1nc(C)c3c(n1)CC(C)CC3)c(=O)n2C. The number of ether oxygens (including phenoxy) is 1. The molecule has 4 heterocycles. The molecule has 230 valence electrons. The molecule has 0 aromatic carbocycles. The first-order valence-electron chi connectivity index (χ1n) is 15.1. The Bertz CT molecular complexity index is 1730. The largest absolute Gasteiger partial charge is 0.444 e. The van der Waals surface area contributed by atoms with E-state index in [-0.39, 0.29) is 24.8 Å². The second kappa shape index (κ2) is 11.9. The predicted molar refractivity (Wildman–Crippen MR) is 164 cm³/mol. The minimum atomic E-state index is -0.600. The molecule has 2 unspecified atom stereocenters. The zero-order chi connectivity index (χ0) is 31.1. The van der Waals surface area contributed by atoms with Crippen LogP contribution in [0.2, 0.25) is 0 Å². The molecule has 43 heavy (non-hydrogen) atoms. The second-order valence-corrected chi connectivity index (χ2v) is 12.8. The minimum absolute atomic E-state index is 0.0322. The number of rotatable bonds is 5. The fourth-order valence-electron chi connectivity index (χ4n) is 6.05. The van der Waals surface area contributed by atoms with Gasteiger partial charge in [0, 0.05) is 37.6 Å². The maximum atomic E-state index is 14.0. The molecule has 1 aliphatic heterocycles. The maximum absolute atomic E-state index is 14.0. The first-order chi connectivity index (χ1) is 20.4. The van der Waals surface area contributed by atoms with Crippen LogP contribution in [0.4, 0.5) is 10.7 Å². The lowest BCUT2D eigenvalue weighted by Crippen LogP contribution is -2.49. The van der Waals surface area contributed by atoms with Gasteiger partial charge < -0.3 is 15.0 Å². The number of nitrogens with zero attached hydrogens (tertiary/aromatic N) is 7. The van der Waals surface area contributed by atoms with Crippen molar-refractivity contribution >= 4 is 23.2 Å². The quantitative estimate of drug-likeness (QED) is 0.449. The van der Waals surface area contributed by atoms with Crippen molar-refractivity contribution in [1.82, 2.24) is 34.0 Å². The number of anilines is 1. The van der Waals surface area contributed by atoms with Crippen LogP contribution < -0.4 is 21.5 Å². The van der Waals surface area contributed by atoms with Gasteiger partial charge in [-0.25, -0.2) is 19.6 Å². The van der Waals surface area contributed by atoms with Gasteiger partial charge in [0.2, 0.25) is 5.95 Å². The smallest absolute Gasteiger partial charge is 0.407 e. The molecule has 1 fully saturated rings. The van der Waals surface area contributed by atoms with Gasteiger partial charge in [-0.3, -0.25) is 18.5 Å². The van der Waals surface area contributed by atoms with E-state index in [0.29, 0.717) is 36.3 Å². The van der Waals surface area contributed by atoms with Crippen molar-refractivity contribution in [2.75, 3.05) is 18.0 Å². The Kier molecular flexibility index (Phi) is 8.36. The number of piperidine rings is 1. The van der Waals surface area contributed by atoms with Crippen LogP contribution >= 0.6 is 0 Å². The zero-order valence-electron chi connectivity index (χ0n) is 26.3. The van der Waals surface area contributed by atoms with E-state index in [9.17, 15) is 14.4 Å². The average Bonchev–Trinajstić information content (AvgIpc) is 3.31. The molecule has 2 atom stereocenters. The Hall–Kier alpha value is -4.14. The van der Waals surface area contributed by atoms with Gasteiger partial charge in [0.25, 0.3) is 5.56 Å². The fourth-order valence-corrected chi connectivity index (χ4v) is 6.05. The predicted octanol–water partition coefficient (Wildman–Crippen LogP) is 2.69. The summed E-state index contributed by atoms with van der Waals surface area (Å²) in [6, 6.07) is -0.165. The van der Waals surface area contributed by atoms with Crippen LogP contribution in [-0.2, 0) is 37.7 Å². The Labute approximate surface area is 251 Å². The van der Waals surface area contributed by atoms with Gasteiger partial charge >= 0.3 is 11.8 Å². The summed E-state index contributed by atoms with van der Waals surface area (Å²) >= 11 is 0. The van der Waals surface area contributed by atoms with Gasteiger partial charge in [-0.15, -0.1) is 5.92 Å². The van der Waals surface area contributed by atoms with Crippen LogP contribution in [0, 0.1) is 24.7 Å². The van der Waals surface area contributed by atoms with Gasteiger partial charge in [0.05, 0.1) is 13.1 Å². The topological polar surface area (TPSA) is 129 Å². The standard InChI is InChI=1S/C31H42N8O4/c1-8-9-15-38-25-26(35-28(38)37-14-10-11-21(17-37)33-29(41)43-31(4,5)6)36(7)30(42)39(27(25)40)18-24-32-20(3)22-13-12-19(2)16-23(22)34-24/h19,21H,10-18H2,1-7H3,(H,33,41). The lowest BCUT2D eigenvalue weighted by atomic mass is 9.87. The molecule has 12 heteroatoms. The number of aromatic nitrogens is 6. The summed E-state index contributed by atoms with van der Waals surface area (Å²) in [6.07, 6.45) is 4.04. The molecule has 3 aromatic rings. The van der Waals surface area contributed by atoms with Crippen LogP contribution in [0.5, 0.6) is 0 Å². The third-order valence-corrected chi connectivity index (χ3v) is 8.13. The number of carbonyl (C=O) groups excluding carboxylic acids is 1. The van der Waals surface area contributed by atoms with E-state index in [2.05, 4.69) is 29.1 Å². The Morgan fingerprint density at radius 1 is 1.14 bits per heavy atom. The molecular weight excluding hydrogens is 548 g/mol. The maximum Gasteiger partial charge on any atom is 0.407 e. The monoisotopic (exact) mass is 590 g/mol. The van der Waals surface area contributed by atoms with Gasteiger partial charge in [0.1, 0.15) is 11.4 Å². The van der Waals surface area contributed by atoms with E-state index >= 15 is 0 Å². The molecule has 0 radical (unpaired) electrons. The molecule has 1 N–H and O–H groups in total. The van der Waals surface area contributed by atoms with Gasteiger partial charge in [-0.1, -0.05) is 12.8 Å². The summed E-state index contributed by atoms with van der Waals surface area (Å²) in [7, 11) is 1.62. The van der Waals surface area contributed by atoms with E-state index in [0.717, 1.165) is 43.5 Å². The highest BCUT2D eigenvalue weighted by atomic mass is 16.6. The van der Waals surface area contributed by atoms with E-state index in [4.69, 9.17) is 14.7 Å². The molecular formula is C31H42N8O4. The number of fused-ring (bicyclic) bond motifs is 2. The number of hydrogen-bond acceptors (Lipinski definition) is 8. The van der Waals surface area contributed by atoms with Crippen molar-refractivity contribution < 1.29 is 9.53 Å². The van der Waals surface area contributed by atoms with Crippen LogP contribution in [0.25, 0.3) is 11.2 Å². The van der Waals surface area contributed by atoms with Crippen LogP contribution in [0.15, 0.2) is 9.59 Å². The second-order valence-electron chi connectivity index (χ2n) is 12.8. The van der Waals surface area contributed by atoms with Crippen molar-refractivity contribution in [2.45, 2.75) is 98.4 Å². The molecule has 12 nitrogen and oxygen atoms in total. The molecule has 3 aromatic heterocycles. The number of aryl methyl sites for hydroxylation is 2. The molecule has 0 spiro atoms. The average molecular weight is 591 g/mol. The molecule has 1 aliphatic carbocycles. The van der Waals surface area contributed by atoms with E-state index in [1.807, 2.05) is 32.6 Å². The number of hydrogen-bond donors (Lipinski definition) is 1. The molecule has 0 bridgehead atoms. The number of amides is 1. The van der Waals surface area contributed by atoms with E-state index in [1.54, 1.807) is 18.5 Å². The highest BCUT2D eigenvalue weighted by Gasteiger charge is 2.29. The van der Waals surface area contributed by atoms with Gasteiger partial charge in [0.15, 0.2) is 11.2 Å². The first kappa shape index (κ1) is 30.3. The fraction of sp³-hybridized carbons (Fsp3) is 0.613. The third kappa shape index (κ3) is 6.31. The highest BCUT2D eigenvalue weighted by Crippen LogP contribution is 2.26. The molecule has 2 aliphatic rings. The third-order valence-electron chi connectivity index (χ3n) is 8.13. The lowest BCUT2D eigenvalue weighted by molar-refractivity contribution is 0.0499. The molecule has 1 saturated heterocycles. The Balaban J connectivity index is 1.53. The van der Waals surface area contributed by atoms with Crippen molar-refractivity contribution in [2.24, 2.45) is 13.0 Å². The summed E-state index contributed by atoms with van der Waals surface area (Å²) in [6.45, 7) is 12.8. The lowest BCUT2D eigenvalue weighted by Gasteiger charge is -2.34. The summed E-state index contributed by atoms with van der Waals surface area (Å²) in [5.74, 6) is 7.49. The summed E-state index contributed by atoms with van der Waals surface area (Å²) in [5, 5.41) is 2.97. The number of nitrogens with one attached hydrogen (secondary N) is 1. The molecule has 0 saturated carbocycles. The van der Waals surface area contributed by atoms with Crippen molar-refractivity contribution in [3.8, 4) is 11.8 Å². The molecule has 5 rings (SSSR count). The van der Waals surface area contributed by atoms with E-state index in [1.165, 1.54) is 14.7 Å². The highest BCUT2D eigenvalue weighted by molar-refractivity contribution is 5.75. The normalized spacial score (nSPS) is 18.6. The number of imidazole rings is 1. The minimum Gasteiger partial charge on any atom is -0.444 e. The first-order valence-corrected chi connectivity index (χ1v) is 15.1. The van der Waals surface area contributed by atoms with Crippen molar-refractivity contribution in [3.63, 3.8) is 0 Å².